The number of sulfone groups is 1. The molecule has 0 amide bonds. The molecule has 0 heterocycles. The van der Waals surface area contributed by atoms with Crippen LogP contribution in [0.15, 0.2) is 47.4 Å². The highest BCUT2D eigenvalue weighted by Gasteiger charge is 2.06. The van der Waals surface area contributed by atoms with Crippen LogP contribution in [0.3, 0.4) is 0 Å². The van der Waals surface area contributed by atoms with Crippen LogP contribution in [0, 0.1) is 13.0 Å². The summed E-state index contributed by atoms with van der Waals surface area (Å²) in [7, 11) is -3.10. The molecule has 2 aromatic carbocycles. The SMILES string of the molecule is Cc1[c]cc(Cc2ccc(S(C)(=O)=O)cc2)cc1. The molecular formula is C15H15O2S. The van der Waals surface area contributed by atoms with Gasteiger partial charge in [0.05, 0.1) is 4.90 Å². The lowest BCUT2D eigenvalue weighted by Gasteiger charge is -2.04. The van der Waals surface area contributed by atoms with Gasteiger partial charge in [0.2, 0.25) is 0 Å². The van der Waals surface area contributed by atoms with E-state index in [1.807, 2.05) is 31.2 Å². The molecule has 2 nitrogen and oxygen atoms in total. The Bertz CT molecular complexity index is 623. The Morgan fingerprint density at radius 3 is 2.11 bits per heavy atom. The van der Waals surface area contributed by atoms with Crippen LogP contribution in [-0.2, 0) is 16.3 Å². The minimum absolute atomic E-state index is 0.363. The fraction of sp³-hybridized carbons (Fsp3) is 0.200. The highest BCUT2D eigenvalue weighted by Crippen LogP contribution is 2.14. The van der Waals surface area contributed by atoms with Gasteiger partial charge in [-0.25, -0.2) is 8.42 Å². The van der Waals surface area contributed by atoms with Gasteiger partial charge in [-0.15, -0.1) is 0 Å². The van der Waals surface area contributed by atoms with Gasteiger partial charge in [0, 0.05) is 6.26 Å². The van der Waals surface area contributed by atoms with Crippen molar-refractivity contribution in [2.75, 3.05) is 6.26 Å². The molecule has 3 heteroatoms. The Kier molecular flexibility index (Phi) is 3.53. The first-order valence-corrected chi connectivity index (χ1v) is 7.60. The molecule has 93 valence electrons. The van der Waals surface area contributed by atoms with E-state index in [9.17, 15) is 8.42 Å². The van der Waals surface area contributed by atoms with E-state index in [2.05, 4.69) is 12.1 Å². The van der Waals surface area contributed by atoms with E-state index in [0.29, 0.717) is 4.90 Å². The van der Waals surface area contributed by atoms with Gasteiger partial charge < -0.3 is 0 Å². The molecule has 1 radical (unpaired) electrons. The Morgan fingerprint density at radius 2 is 1.61 bits per heavy atom. The molecule has 0 aliphatic carbocycles. The Balaban J connectivity index is 2.18. The number of aryl methyl sites for hydroxylation is 1. The Morgan fingerprint density at radius 1 is 1.00 bits per heavy atom. The summed E-state index contributed by atoms with van der Waals surface area (Å²) in [4.78, 5) is 0.363. The molecule has 0 aliphatic heterocycles. The fourth-order valence-corrected chi connectivity index (χ4v) is 2.37. The van der Waals surface area contributed by atoms with Crippen molar-refractivity contribution in [2.24, 2.45) is 0 Å². The average molecular weight is 259 g/mol. The lowest BCUT2D eigenvalue weighted by molar-refractivity contribution is 0.602. The molecule has 2 aromatic rings. The molecule has 0 atom stereocenters. The maximum atomic E-state index is 11.3. The lowest BCUT2D eigenvalue weighted by atomic mass is 10.0. The van der Waals surface area contributed by atoms with Crippen LogP contribution in [0.25, 0.3) is 0 Å². The topological polar surface area (TPSA) is 34.1 Å². The van der Waals surface area contributed by atoms with Gasteiger partial charge in [-0.2, -0.15) is 0 Å². The van der Waals surface area contributed by atoms with Crippen molar-refractivity contribution < 1.29 is 8.42 Å². The van der Waals surface area contributed by atoms with Crippen molar-refractivity contribution >= 4 is 9.84 Å². The first-order valence-electron chi connectivity index (χ1n) is 5.71. The van der Waals surface area contributed by atoms with Gasteiger partial charge in [-0.1, -0.05) is 30.3 Å². The summed E-state index contributed by atoms with van der Waals surface area (Å²) in [6.45, 7) is 2.00. The van der Waals surface area contributed by atoms with Gasteiger partial charge in [0.1, 0.15) is 0 Å². The summed E-state index contributed by atoms with van der Waals surface area (Å²) in [5.41, 5.74) is 3.39. The highest BCUT2D eigenvalue weighted by atomic mass is 32.2. The molecule has 0 spiro atoms. The zero-order chi connectivity index (χ0) is 13.2. The zero-order valence-electron chi connectivity index (χ0n) is 10.5. The second kappa shape index (κ2) is 4.94. The predicted molar refractivity (Wildman–Crippen MR) is 72.4 cm³/mol. The summed E-state index contributed by atoms with van der Waals surface area (Å²) < 4.78 is 22.7. The third kappa shape index (κ3) is 3.20. The standard InChI is InChI=1S/C15H15O2S/c1-12-3-5-13(6-4-12)11-14-7-9-15(10-8-14)18(2,16)17/h3,5-10H,11H2,1-2H3. The van der Waals surface area contributed by atoms with Crippen molar-refractivity contribution in [1.29, 1.82) is 0 Å². The summed E-state index contributed by atoms with van der Waals surface area (Å²) in [5.74, 6) is 0. The minimum atomic E-state index is -3.10. The third-order valence-corrected chi connectivity index (χ3v) is 3.92. The molecule has 0 saturated carbocycles. The highest BCUT2D eigenvalue weighted by molar-refractivity contribution is 7.90. The van der Waals surface area contributed by atoms with Crippen molar-refractivity contribution in [1.82, 2.24) is 0 Å². The summed E-state index contributed by atoms with van der Waals surface area (Å²) in [6, 6.07) is 16.3. The molecule has 0 N–H and O–H groups in total. The van der Waals surface area contributed by atoms with Crippen LogP contribution in [0.5, 0.6) is 0 Å². The maximum absolute atomic E-state index is 11.3. The Labute approximate surface area is 108 Å². The number of rotatable bonds is 3. The van der Waals surface area contributed by atoms with E-state index >= 15 is 0 Å². The van der Waals surface area contributed by atoms with Crippen LogP contribution in [0.2, 0.25) is 0 Å². The van der Waals surface area contributed by atoms with Gasteiger partial charge in [0.25, 0.3) is 0 Å². The van der Waals surface area contributed by atoms with Gasteiger partial charge in [-0.3, -0.25) is 0 Å². The normalized spacial score (nSPS) is 11.4. The summed E-state index contributed by atoms with van der Waals surface area (Å²) in [5, 5.41) is 0. The lowest BCUT2D eigenvalue weighted by Crippen LogP contribution is -1.97. The molecule has 0 unspecified atom stereocenters. The first kappa shape index (κ1) is 12.8. The van der Waals surface area contributed by atoms with E-state index in [4.69, 9.17) is 0 Å². The maximum Gasteiger partial charge on any atom is 0.175 e. The van der Waals surface area contributed by atoms with E-state index in [0.717, 1.165) is 17.5 Å². The van der Waals surface area contributed by atoms with E-state index in [1.165, 1.54) is 11.8 Å². The molecule has 0 fully saturated rings. The monoisotopic (exact) mass is 259 g/mol. The smallest absolute Gasteiger partial charge is 0.175 e. The first-order chi connectivity index (χ1) is 8.45. The van der Waals surface area contributed by atoms with Gasteiger partial charge >= 0.3 is 0 Å². The quantitative estimate of drug-likeness (QED) is 0.849. The van der Waals surface area contributed by atoms with E-state index < -0.39 is 9.84 Å². The molecular weight excluding hydrogens is 244 g/mol. The van der Waals surface area contributed by atoms with E-state index in [1.54, 1.807) is 12.1 Å². The average Bonchev–Trinajstić information content (AvgIpc) is 2.32. The Hall–Kier alpha value is -1.61. The van der Waals surface area contributed by atoms with Crippen LogP contribution in [-0.4, -0.2) is 14.7 Å². The van der Waals surface area contributed by atoms with Crippen LogP contribution < -0.4 is 0 Å². The number of hydrogen-bond donors (Lipinski definition) is 0. The van der Waals surface area contributed by atoms with Crippen LogP contribution >= 0.6 is 0 Å². The molecule has 0 aliphatic rings. The zero-order valence-corrected chi connectivity index (χ0v) is 11.3. The van der Waals surface area contributed by atoms with Gasteiger partial charge in [0.15, 0.2) is 9.84 Å². The van der Waals surface area contributed by atoms with Crippen molar-refractivity contribution in [3.8, 4) is 0 Å². The van der Waals surface area contributed by atoms with Crippen molar-refractivity contribution in [3.05, 3.63) is 65.2 Å². The minimum Gasteiger partial charge on any atom is -0.224 e. The summed E-state index contributed by atoms with van der Waals surface area (Å²) >= 11 is 0. The number of hydrogen-bond acceptors (Lipinski definition) is 2. The molecule has 18 heavy (non-hydrogen) atoms. The van der Waals surface area contributed by atoms with E-state index in [-0.39, 0.29) is 0 Å². The second-order valence-corrected chi connectivity index (χ2v) is 6.49. The second-order valence-electron chi connectivity index (χ2n) is 4.47. The number of benzene rings is 2. The van der Waals surface area contributed by atoms with Gasteiger partial charge in [-0.05, 0) is 48.2 Å². The predicted octanol–water partition coefficient (Wildman–Crippen LogP) is 2.79. The van der Waals surface area contributed by atoms with Crippen molar-refractivity contribution in [2.45, 2.75) is 18.2 Å². The molecule has 0 aromatic heterocycles. The van der Waals surface area contributed by atoms with Crippen LogP contribution in [0.1, 0.15) is 16.7 Å². The van der Waals surface area contributed by atoms with Crippen molar-refractivity contribution in [3.63, 3.8) is 0 Å². The fourth-order valence-electron chi connectivity index (χ4n) is 1.73. The largest absolute Gasteiger partial charge is 0.224 e. The summed E-state index contributed by atoms with van der Waals surface area (Å²) in [6.07, 6.45) is 2.01. The molecule has 0 bridgehead atoms. The molecule has 2 rings (SSSR count). The molecule has 0 saturated heterocycles. The van der Waals surface area contributed by atoms with Crippen LogP contribution in [0.4, 0.5) is 0 Å². The third-order valence-electron chi connectivity index (χ3n) is 2.79.